The molecule has 1 fully saturated rings. The Morgan fingerprint density at radius 2 is 2.57 bits per heavy atom. The van der Waals surface area contributed by atoms with Crippen molar-refractivity contribution in [2.45, 2.75) is 12.5 Å². The topological polar surface area (TPSA) is 56.1 Å². The molecule has 76 valence electrons. The number of nitrogens with one attached hydrogen (secondary N) is 1. The molecule has 1 saturated heterocycles. The summed E-state index contributed by atoms with van der Waals surface area (Å²) in [6.07, 6.45) is 1.81. The number of rotatable bonds is 4. The van der Waals surface area contributed by atoms with Gasteiger partial charge < -0.3 is 5.32 Å². The van der Waals surface area contributed by atoms with Crippen molar-refractivity contribution in [3.05, 3.63) is 12.7 Å². The lowest BCUT2D eigenvalue weighted by molar-refractivity contribution is -0.116. The molecule has 1 unspecified atom stereocenters. The van der Waals surface area contributed by atoms with Crippen LogP contribution in [0.2, 0.25) is 0 Å². The molecule has 0 aromatic heterocycles. The first kappa shape index (κ1) is 10.9. The molecule has 0 saturated carbocycles. The van der Waals surface area contributed by atoms with E-state index in [1.165, 1.54) is 6.08 Å². The van der Waals surface area contributed by atoms with Crippen LogP contribution in [0.3, 0.4) is 0 Å². The van der Waals surface area contributed by atoms with Gasteiger partial charge in [-0.25, -0.2) is 0 Å². The number of carbonyl (C=O) groups is 1. The predicted molar refractivity (Wildman–Crippen MR) is 53.7 cm³/mol. The van der Waals surface area contributed by atoms with Crippen molar-refractivity contribution in [3.8, 4) is 6.07 Å². The molecular weight excluding hydrogens is 178 g/mol. The molecule has 1 N–H and O–H groups in total. The summed E-state index contributed by atoms with van der Waals surface area (Å²) in [5.74, 6) is 0.0230. The number of nitrogens with zero attached hydrogens (tertiary/aromatic N) is 2. The third-order valence-corrected chi connectivity index (χ3v) is 2.39. The summed E-state index contributed by atoms with van der Waals surface area (Å²) in [7, 11) is 0. The Morgan fingerprint density at radius 1 is 1.79 bits per heavy atom. The van der Waals surface area contributed by atoms with Crippen molar-refractivity contribution < 1.29 is 4.79 Å². The predicted octanol–water partition coefficient (Wildman–Crippen LogP) is -0.0710. The van der Waals surface area contributed by atoms with E-state index in [4.69, 9.17) is 5.26 Å². The number of carbonyl (C=O) groups excluding carboxylic acids is 1. The zero-order chi connectivity index (χ0) is 10.4. The van der Waals surface area contributed by atoms with Gasteiger partial charge in [0, 0.05) is 25.7 Å². The van der Waals surface area contributed by atoms with Gasteiger partial charge in [0.2, 0.25) is 0 Å². The summed E-state index contributed by atoms with van der Waals surface area (Å²) in [5.41, 5.74) is 0. The fourth-order valence-electron chi connectivity index (χ4n) is 1.58. The molecule has 0 radical (unpaired) electrons. The van der Waals surface area contributed by atoms with Crippen LogP contribution in [-0.2, 0) is 4.79 Å². The molecule has 1 aliphatic heterocycles. The Hall–Kier alpha value is -1.18. The Bertz CT molecular complexity index is 257. The molecule has 0 aromatic rings. The Morgan fingerprint density at radius 3 is 3.21 bits per heavy atom. The standard InChI is InChI=1S/C10H15N3O/c1-2-10(14)8-13-6-5-12-7-9(13)3-4-11/h2,9,12H,1,3,5-8H2. The lowest BCUT2D eigenvalue weighted by Crippen LogP contribution is -2.52. The lowest BCUT2D eigenvalue weighted by Gasteiger charge is -2.34. The van der Waals surface area contributed by atoms with E-state index in [0.717, 1.165) is 19.6 Å². The number of hydrogen-bond donors (Lipinski definition) is 1. The maximum atomic E-state index is 11.2. The maximum Gasteiger partial charge on any atom is 0.169 e. The number of hydrogen-bond acceptors (Lipinski definition) is 4. The molecule has 0 amide bonds. The minimum Gasteiger partial charge on any atom is -0.314 e. The van der Waals surface area contributed by atoms with E-state index < -0.39 is 0 Å². The quantitative estimate of drug-likeness (QED) is 0.635. The molecule has 1 heterocycles. The number of ketones is 1. The van der Waals surface area contributed by atoms with Crippen molar-refractivity contribution in [3.63, 3.8) is 0 Å². The van der Waals surface area contributed by atoms with Gasteiger partial charge in [0.1, 0.15) is 0 Å². The highest BCUT2D eigenvalue weighted by atomic mass is 16.1. The fourth-order valence-corrected chi connectivity index (χ4v) is 1.58. The van der Waals surface area contributed by atoms with Crippen molar-refractivity contribution >= 4 is 5.78 Å². The molecule has 0 spiro atoms. The third-order valence-electron chi connectivity index (χ3n) is 2.39. The van der Waals surface area contributed by atoms with Gasteiger partial charge in [-0.2, -0.15) is 5.26 Å². The lowest BCUT2D eigenvalue weighted by atomic mass is 10.1. The van der Waals surface area contributed by atoms with Gasteiger partial charge >= 0.3 is 0 Å². The summed E-state index contributed by atoms with van der Waals surface area (Å²) >= 11 is 0. The van der Waals surface area contributed by atoms with Gasteiger partial charge in [-0.1, -0.05) is 6.58 Å². The number of nitriles is 1. The smallest absolute Gasteiger partial charge is 0.169 e. The molecule has 14 heavy (non-hydrogen) atoms. The summed E-state index contributed by atoms with van der Waals surface area (Å²) in [6, 6.07) is 2.30. The van der Waals surface area contributed by atoms with E-state index in [1.807, 2.05) is 4.90 Å². The van der Waals surface area contributed by atoms with Crippen LogP contribution in [0.15, 0.2) is 12.7 Å². The molecule has 0 aromatic carbocycles. The second kappa shape index (κ2) is 5.53. The molecule has 1 rings (SSSR count). The van der Waals surface area contributed by atoms with E-state index in [-0.39, 0.29) is 11.8 Å². The summed E-state index contributed by atoms with van der Waals surface area (Å²) < 4.78 is 0. The maximum absolute atomic E-state index is 11.2. The first-order valence-corrected chi connectivity index (χ1v) is 4.75. The van der Waals surface area contributed by atoms with E-state index in [2.05, 4.69) is 18.0 Å². The largest absolute Gasteiger partial charge is 0.314 e. The van der Waals surface area contributed by atoms with Gasteiger partial charge in [0.25, 0.3) is 0 Å². The molecule has 1 aliphatic rings. The number of piperazine rings is 1. The second-order valence-corrected chi connectivity index (χ2v) is 3.36. The normalized spacial score (nSPS) is 22.6. The minimum atomic E-state index is 0.0230. The average Bonchev–Trinajstić information content (AvgIpc) is 2.21. The third kappa shape index (κ3) is 2.95. The van der Waals surface area contributed by atoms with E-state index in [0.29, 0.717) is 13.0 Å². The van der Waals surface area contributed by atoms with E-state index >= 15 is 0 Å². The molecule has 0 bridgehead atoms. The van der Waals surface area contributed by atoms with Gasteiger partial charge in [-0.05, 0) is 6.08 Å². The van der Waals surface area contributed by atoms with Crippen LogP contribution in [0.4, 0.5) is 0 Å². The second-order valence-electron chi connectivity index (χ2n) is 3.36. The van der Waals surface area contributed by atoms with Crippen LogP contribution < -0.4 is 5.32 Å². The monoisotopic (exact) mass is 193 g/mol. The Labute approximate surface area is 84.2 Å². The SMILES string of the molecule is C=CC(=O)CN1CCNCC1CC#N. The Kier molecular flexibility index (Phi) is 4.30. The van der Waals surface area contributed by atoms with Crippen LogP contribution in [0, 0.1) is 11.3 Å². The highest BCUT2D eigenvalue weighted by Crippen LogP contribution is 2.06. The molecule has 0 aliphatic carbocycles. The highest BCUT2D eigenvalue weighted by Gasteiger charge is 2.22. The van der Waals surface area contributed by atoms with Gasteiger partial charge in [0.15, 0.2) is 5.78 Å². The van der Waals surface area contributed by atoms with E-state index in [1.54, 1.807) is 0 Å². The van der Waals surface area contributed by atoms with Crippen LogP contribution in [0.5, 0.6) is 0 Å². The van der Waals surface area contributed by atoms with Crippen molar-refractivity contribution in [2.75, 3.05) is 26.2 Å². The van der Waals surface area contributed by atoms with Gasteiger partial charge in [0.05, 0.1) is 19.0 Å². The van der Waals surface area contributed by atoms with Gasteiger partial charge in [-0.15, -0.1) is 0 Å². The van der Waals surface area contributed by atoms with Gasteiger partial charge in [-0.3, -0.25) is 9.69 Å². The first-order valence-electron chi connectivity index (χ1n) is 4.75. The fraction of sp³-hybridized carbons (Fsp3) is 0.600. The first-order chi connectivity index (χ1) is 6.77. The van der Waals surface area contributed by atoms with Crippen LogP contribution in [0.1, 0.15) is 6.42 Å². The summed E-state index contributed by atoms with van der Waals surface area (Å²) in [4.78, 5) is 13.2. The van der Waals surface area contributed by atoms with Crippen LogP contribution >= 0.6 is 0 Å². The van der Waals surface area contributed by atoms with Crippen LogP contribution in [-0.4, -0.2) is 42.9 Å². The van der Waals surface area contributed by atoms with Crippen molar-refractivity contribution in [2.24, 2.45) is 0 Å². The van der Waals surface area contributed by atoms with Crippen molar-refractivity contribution in [1.29, 1.82) is 5.26 Å². The van der Waals surface area contributed by atoms with E-state index in [9.17, 15) is 4.79 Å². The molecule has 4 nitrogen and oxygen atoms in total. The average molecular weight is 193 g/mol. The van der Waals surface area contributed by atoms with Crippen LogP contribution in [0.25, 0.3) is 0 Å². The zero-order valence-corrected chi connectivity index (χ0v) is 8.20. The summed E-state index contributed by atoms with van der Waals surface area (Å²) in [5, 5.41) is 11.8. The summed E-state index contributed by atoms with van der Waals surface area (Å²) in [6.45, 7) is 6.32. The Balaban J connectivity index is 2.50. The highest BCUT2D eigenvalue weighted by molar-refractivity contribution is 5.90. The molecular formula is C10H15N3O. The molecule has 1 atom stereocenters. The minimum absolute atomic E-state index is 0.0230. The molecule has 4 heteroatoms. The van der Waals surface area contributed by atoms with Crippen molar-refractivity contribution in [1.82, 2.24) is 10.2 Å². The zero-order valence-electron chi connectivity index (χ0n) is 8.20.